The fourth-order valence-electron chi connectivity index (χ4n) is 2.71. The zero-order valence-corrected chi connectivity index (χ0v) is 11.5. The van der Waals surface area contributed by atoms with Crippen molar-refractivity contribution >= 4 is 17.3 Å². The first-order valence-electron chi connectivity index (χ1n) is 6.84. The van der Waals surface area contributed by atoms with Crippen LogP contribution >= 0.6 is 0 Å². The highest BCUT2D eigenvalue weighted by molar-refractivity contribution is 5.99. The van der Waals surface area contributed by atoms with E-state index in [4.69, 9.17) is 5.73 Å². The molecule has 108 valence electrons. The molecule has 0 bridgehead atoms. The lowest BCUT2D eigenvalue weighted by Crippen LogP contribution is -2.31. The summed E-state index contributed by atoms with van der Waals surface area (Å²) in [4.78, 5) is 21.7. The van der Waals surface area contributed by atoms with Crippen LogP contribution in [0.3, 0.4) is 0 Å². The van der Waals surface area contributed by atoms with Crippen molar-refractivity contribution in [3.63, 3.8) is 0 Å². The van der Waals surface area contributed by atoms with E-state index >= 15 is 0 Å². The summed E-state index contributed by atoms with van der Waals surface area (Å²) < 4.78 is 0. The summed E-state index contributed by atoms with van der Waals surface area (Å²) in [5.41, 5.74) is 5.96. The van der Waals surface area contributed by atoms with Gasteiger partial charge in [-0.3, -0.25) is 14.9 Å². The van der Waals surface area contributed by atoms with Gasteiger partial charge in [-0.05, 0) is 24.8 Å². The fraction of sp³-hybridized carbons (Fsp3) is 0.500. The number of benzene rings is 1. The third-order valence-corrected chi connectivity index (χ3v) is 3.93. The molecule has 0 spiro atoms. The van der Waals surface area contributed by atoms with E-state index in [1.54, 1.807) is 6.07 Å². The lowest BCUT2D eigenvalue weighted by molar-refractivity contribution is -0.384. The van der Waals surface area contributed by atoms with Gasteiger partial charge in [0.15, 0.2) is 0 Å². The number of nitrogens with zero attached hydrogens (tertiary/aromatic N) is 1. The van der Waals surface area contributed by atoms with Gasteiger partial charge in [0.1, 0.15) is 0 Å². The highest BCUT2D eigenvalue weighted by Crippen LogP contribution is 2.29. The summed E-state index contributed by atoms with van der Waals surface area (Å²) in [7, 11) is 0. The third kappa shape index (κ3) is 3.07. The summed E-state index contributed by atoms with van der Waals surface area (Å²) in [6, 6.07) is 4.48. The van der Waals surface area contributed by atoms with E-state index in [1.165, 1.54) is 18.6 Å². The Labute approximate surface area is 117 Å². The van der Waals surface area contributed by atoms with E-state index in [0.29, 0.717) is 11.6 Å². The van der Waals surface area contributed by atoms with Gasteiger partial charge in [-0.15, -0.1) is 0 Å². The molecular weight excluding hydrogens is 258 g/mol. The summed E-state index contributed by atoms with van der Waals surface area (Å²) in [6.45, 7) is 2.17. The Balaban J connectivity index is 2.26. The van der Waals surface area contributed by atoms with E-state index in [0.717, 1.165) is 19.3 Å². The second-order valence-corrected chi connectivity index (χ2v) is 5.36. The molecule has 0 radical (unpaired) electrons. The Morgan fingerprint density at radius 2 is 2.10 bits per heavy atom. The van der Waals surface area contributed by atoms with E-state index < -0.39 is 10.8 Å². The molecule has 1 fully saturated rings. The quantitative estimate of drug-likeness (QED) is 0.653. The largest absolute Gasteiger partial charge is 0.381 e. The fourth-order valence-corrected chi connectivity index (χ4v) is 2.71. The Morgan fingerprint density at radius 1 is 1.40 bits per heavy atom. The van der Waals surface area contributed by atoms with Crippen LogP contribution < -0.4 is 11.1 Å². The first kappa shape index (κ1) is 14.3. The smallest absolute Gasteiger partial charge is 0.270 e. The summed E-state index contributed by atoms with van der Waals surface area (Å²) >= 11 is 0. The topological polar surface area (TPSA) is 98.3 Å². The monoisotopic (exact) mass is 277 g/mol. The number of carbonyl (C=O) groups is 1. The molecule has 1 aromatic rings. The van der Waals surface area contributed by atoms with Crippen LogP contribution in [0.25, 0.3) is 0 Å². The number of nitrogens with two attached hydrogens (primary N) is 1. The third-order valence-electron chi connectivity index (χ3n) is 3.93. The molecule has 0 aliphatic heterocycles. The normalized spacial score (nSPS) is 22.2. The molecule has 0 unspecified atom stereocenters. The number of anilines is 1. The SMILES string of the molecule is C[C@H]1CCCC[C@@H]1Nc1ccc([N+](=O)[O-])cc1C(N)=O. The molecule has 1 amide bonds. The first-order valence-corrected chi connectivity index (χ1v) is 6.84. The number of hydrogen-bond donors (Lipinski definition) is 2. The number of hydrogen-bond acceptors (Lipinski definition) is 4. The van der Waals surface area contributed by atoms with Crippen molar-refractivity contribution in [2.24, 2.45) is 11.7 Å². The Hall–Kier alpha value is -2.11. The molecule has 1 aliphatic rings. The second-order valence-electron chi connectivity index (χ2n) is 5.36. The van der Waals surface area contributed by atoms with Gasteiger partial charge in [0.25, 0.3) is 11.6 Å². The van der Waals surface area contributed by atoms with Crippen molar-refractivity contribution < 1.29 is 9.72 Å². The van der Waals surface area contributed by atoms with Crippen LogP contribution in [0.2, 0.25) is 0 Å². The molecule has 0 aromatic heterocycles. The molecule has 2 rings (SSSR count). The number of amides is 1. The predicted octanol–water partition coefficient (Wildman–Crippen LogP) is 2.68. The summed E-state index contributed by atoms with van der Waals surface area (Å²) in [6.07, 6.45) is 4.57. The molecule has 1 saturated carbocycles. The molecular formula is C14H19N3O3. The Kier molecular flexibility index (Phi) is 4.22. The number of non-ortho nitro benzene ring substituents is 1. The lowest BCUT2D eigenvalue weighted by Gasteiger charge is -2.30. The maximum atomic E-state index is 11.5. The molecule has 6 nitrogen and oxygen atoms in total. The van der Waals surface area contributed by atoms with Crippen LogP contribution in [0.4, 0.5) is 11.4 Å². The predicted molar refractivity (Wildman–Crippen MR) is 76.7 cm³/mol. The average Bonchev–Trinajstić information content (AvgIpc) is 2.41. The van der Waals surface area contributed by atoms with Crippen LogP contribution in [0.5, 0.6) is 0 Å². The molecule has 2 atom stereocenters. The summed E-state index contributed by atoms with van der Waals surface area (Å²) in [5, 5.41) is 14.1. The minimum Gasteiger partial charge on any atom is -0.381 e. The van der Waals surface area contributed by atoms with Gasteiger partial charge in [0.05, 0.1) is 10.5 Å². The number of nitrogens with one attached hydrogen (secondary N) is 1. The van der Waals surface area contributed by atoms with Gasteiger partial charge >= 0.3 is 0 Å². The first-order chi connectivity index (χ1) is 9.49. The standard InChI is InChI=1S/C14H19N3O3/c1-9-4-2-3-5-12(9)16-13-7-6-10(17(19)20)8-11(13)14(15)18/h6-9,12,16H,2-5H2,1H3,(H2,15,18)/t9-,12-/m0/s1. The van der Waals surface area contributed by atoms with E-state index in [-0.39, 0.29) is 17.3 Å². The van der Waals surface area contributed by atoms with Crippen molar-refractivity contribution in [3.05, 3.63) is 33.9 Å². The van der Waals surface area contributed by atoms with Gasteiger partial charge in [-0.25, -0.2) is 0 Å². The molecule has 0 saturated heterocycles. The van der Waals surface area contributed by atoms with E-state index in [1.807, 2.05) is 0 Å². The van der Waals surface area contributed by atoms with Gasteiger partial charge in [0.2, 0.25) is 0 Å². The van der Waals surface area contributed by atoms with Crippen molar-refractivity contribution in [1.29, 1.82) is 0 Å². The maximum absolute atomic E-state index is 11.5. The number of carbonyl (C=O) groups excluding carboxylic acids is 1. The zero-order chi connectivity index (χ0) is 14.7. The highest BCUT2D eigenvalue weighted by atomic mass is 16.6. The van der Waals surface area contributed by atoms with Crippen LogP contribution in [-0.4, -0.2) is 16.9 Å². The average molecular weight is 277 g/mol. The Morgan fingerprint density at radius 3 is 2.70 bits per heavy atom. The van der Waals surface area contributed by atoms with Gasteiger partial charge < -0.3 is 11.1 Å². The van der Waals surface area contributed by atoms with Crippen molar-refractivity contribution in [3.8, 4) is 0 Å². The molecule has 20 heavy (non-hydrogen) atoms. The number of nitro groups is 1. The Bertz CT molecular complexity index is 530. The molecule has 6 heteroatoms. The minimum atomic E-state index is -0.653. The second kappa shape index (κ2) is 5.90. The summed E-state index contributed by atoms with van der Waals surface area (Å²) in [5.74, 6) is -0.140. The number of nitro benzene ring substituents is 1. The van der Waals surface area contributed by atoms with Crippen LogP contribution in [0.15, 0.2) is 18.2 Å². The van der Waals surface area contributed by atoms with Crippen molar-refractivity contribution in [2.75, 3.05) is 5.32 Å². The maximum Gasteiger partial charge on any atom is 0.270 e. The highest BCUT2D eigenvalue weighted by Gasteiger charge is 2.23. The van der Waals surface area contributed by atoms with Gasteiger partial charge in [-0.2, -0.15) is 0 Å². The molecule has 1 aromatic carbocycles. The van der Waals surface area contributed by atoms with E-state index in [2.05, 4.69) is 12.2 Å². The van der Waals surface area contributed by atoms with Crippen molar-refractivity contribution in [2.45, 2.75) is 38.6 Å². The molecule has 1 aliphatic carbocycles. The van der Waals surface area contributed by atoms with E-state index in [9.17, 15) is 14.9 Å². The number of rotatable bonds is 4. The number of primary amides is 1. The zero-order valence-electron chi connectivity index (χ0n) is 11.5. The van der Waals surface area contributed by atoms with Gasteiger partial charge in [-0.1, -0.05) is 19.8 Å². The minimum absolute atomic E-state index is 0.124. The van der Waals surface area contributed by atoms with Crippen LogP contribution in [0, 0.1) is 16.0 Å². The van der Waals surface area contributed by atoms with Crippen LogP contribution in [0.1, 0.15) is 43.0 Å². The lowest BCUT2D eigenvalue weighted by atomic mass is 9.85. The molecule has 0 heterocycles. The van der Waals surface area contributed by atoms with Crippen molar-refractivity contribution in [1.82, 2.24) is 0 Å². The van der Waals surface area contributed by atoms with Gasteiger partial charge in [0, 0.05) is 23.9 Å². The molecule has 3 N–H and O–H groups in total. The van der Waals surface area contributed by atoms with Crippen LogP contribution in [-0.2, 0) is 0 Å².